The second-order valence-corrected chi connectivity index (χ2v) is 13.1. The minimum absolute atomic E-state index is 0.0175. The zero-order valence-corrected chi connectivity index (χ0v) is 24.5. The molecule has 0 aromatic carbocycles. The van der Waals surface area contributed by atoms with E-state index >= 15 is 0 Å². The van der Waals surface area contributed by atoms with Gasteiger partial charge in [0.25, 0.3) is 0 Å². The largest absolute Gasteiger partial charge is 0.462 e. The molecule has 11 heteroatoms. The van der Waals surface area contributed by atoms with Crippen LogP contribution in [0.1, 0.15) is 79.6 Å². The van der Waals surface area contributed by atoms with Gasteiger partial charge in [-0.2, -0.15) is 0 Å². The summed E-state index contributed by atoms with van der Waals surface area (Å²) in [6, 6.07) is 0. The summed E-state index contributed by atoms with van der Waals surface area (Å²) in [6.45, 7) is 8.50. The number of ether oxygens (including phenoxy) is 5. The molecule has 0 aromatic heterocycles. The van der Waals surface area contributed by atoms with Crippen LogP contribution >= 0.6 is 0 Å². The van der Waals surface area contributed by atoms with Gasteiger partial charge in [-0.1, -0.05) is 25.5 Å². The standard InChI is InChI=1S/C30H44O11/c1-14(31)37-18-8-10-29(4)17(12-18)13-21(40-28-26(39-16(3)33)24(34)25(35)27(36)41-28)23-19-6-7-22(38-15(2)32)30(19,5)11-9-20(23)29/h13,18-28,34-36H,6-12H2,1-5H3/t18-,19?,20?,21-,22-,23?,24?,25?,26?,27?,28?,29-,30-/m0/s1. The number of aliphatic hydroxyl groups excluding tert-OH is 3. The van der Waals surface area contributed by atoms with Crippen molar-refractivity contribution in [1.29, 1.82) is 0 Å². The van der Waals surface area contributed by atoms with E-state index in [2.05, 4.69) is 19.9 Å². The molecule has 0 radical (unpaired) electrons. The van der Waals surface area contributed by atoms with Crippen molar-refractivity contribution in [3.63, 3.8) is 0 Å². The fourth-order valence-electron chi connectivity index (χ4n) is 8.80. The first-order valence-electron chi connectivity index (χ1n) is 14.8. The van der Waals surface area contributed by atoms with E-state index in [0.29, 0.717) is 6.42 Å². The fourth-order valence-corrected chi connectivity index (χ4v) is 8.80. The fraction of sp³-hybridized carbons (Fsp3) is 0.833. The highest BCUT2D eigenvalue weighted by Crippen LogP contribution is 2.66. The quantitative estimate of drug-likeness (QED) is 0.249. The first-order chi connectivity index (χ1) is 19.2. The van der Waals surface area contributed by atoms with Gasteiger partial charge in [-0.05, 0) is 61.7 Å². The zero-order valence-electron chi connectivity index (χ0n) is 24.5. The average molecular weight is 581 g/mol. The van der Waals surface area contributed by atoms with Crippen LogP contribution < -0.4 is 0 Å². The molecule has 0 aromatic rings. The number of esters is 3. The zero-order chi connectivity index (χ0) is 29.9. The van der Waals surface area contributed by atoms with Crippen molar-refractivity contribution in [2.75, 3.05) is 0 Å². The van der Waals surface area contributed by atoms with E-state index in [4.69, 9.17) is 23.7 Å². The van der Waals surface area contributed by atoms with Gasteiger partial charge < -0.3 is 39.0 Å². The molecule has 230 valence electrons. The van der Waals surface area contributed by atoms with Crippen molar-refractivity contribution in [3.05, 3.63) is 11.6 Å². The van der Waals surface area contributed by atoms with Crippen LogP contribution in [0.3, 0.4) is 0 Å². The lowest BCUT2D eigenvalue weighted by Crippen LogP contribution is -2.62. The average Bonchev–Trinajstić information content (AvgIpc) is 3.20. The minimum atomic E-state index is -1.74. The van der Waals surface area contributed by atoms with Gasteiger partial charge in [-0.15, -0.1) is 0 Å². The molecule has 5 rings (SSSR count). The van der Waals surface area contributed by atoms with Gasteiger partial charge >= 0.3 is 17.9 Å². The van der Waals surface area contributed by atoms with Gasteiger partial charge in [0, 0.05) is 32.6 Å². The third-order valence-electron chi connectivity index (χ3n) is 10.7. The Morgan fingerprint density at radius 3 is 2.20 bits per heavy atom. The topological polar surface area (TPSA) is 158 Å². The van der Waals surface area contributed by atoms with Crippen molar-refractivity contribution >= 4 is 17.9 Å². The Morgan fingerprint density at radius 1 is 0.854 bits per heavy atom. The van der Waals surface area contributed by atoms with Crippen LogP contribution in [-0.4, -0.2) is 82.4 Å². The smallest absolute Gasteiger partial charge is 0.303 e. The molecule has 8 unspecified atom stereocenters. The number of carbonyl (C=O) groups excluding carboxylic acids is 3. The molecule has 0 amide bonds. The van der Waals surface area contributed by atoms with Crippen molar-refractivity contribution in [2.24, 2.45) is 28.6 Å². The molecular formula is C30H44O11. The lowest BCUT2D eigenvalue weighted by Gasteiger charge is -2.59. The van der Waals surface area contributed by atoms with E-state index in [0.717, 1.165) is 44.1 Å². The summed E-state index contributed by atoms with van der Waals surface area (Å²) >= 11 is 0. The van der Waals surface area contributed by atoms with Crippen molar-refractivity contribution in [3.8, 4) is 0 Å². The summed E-state index contributed by atoms with van der Waals surface area (Å²) in [4.78, 5) is 35.6. The molecule has 5 aliphatic rings. The van der Waals surface area contributed by atoms with E-state index in [-0.39, 0.29) is 52.7 Å². The molecule has 1 saturated heterocycles. The number of hydrogen-bond donors (Lipinski definition) is 3. The molecule has 4 fully saturated rings. The highest BCUT2D eigenvalue weighted by molar-refractivity contribution is 5.67. The summed E-state index contributed by atoms with van der Waals surface area (Å²) in [7, 11) is 0. The Labute approximate surface area is 240 Å². The highest BCUT2D eigenvalue weighted by atomic mass is 16.8. The van der Waals surface area contributed by atoms with Crippen LogP contribution in [0.4, 0.5) is 0 Å². The third-order valence-corrected chi connectivity index (χ3v) is 10.7. The molecule has 1 heterocycles. The monoisotopic (exact) mass is 580 g/mol. The van der Waals surface area contributed by atoms with Gasteiger partial charge in [-0.3, -0.25) is 14.4 Å². The predicted molar refractivity (Wildman–Crippen MR) is 142 cm³/mol. The maximum absolute atomic E-state index is 12.0. The van der Waals surface area contributed by atoms with Gasteiger partial charge in [0.15, 0.2) is 12.4 Å². The minimum Gasteiger partial charge on any atom is -0.462 e. The van der Waals surface area contributed by atoms with Crippen molar-refractivity contribution in [1.82, 2.24) is 0 Å². The number of aliphatic hydroxyl groups is 3. The maximum Gasteiger partial charge on any atom is 0.303 e. The molecular weight excluding hydrogens is 536 g/mol. The number of carbonyl (C=O) groups is 3. The lowest BCUT2D eigenvalue weighted by atomic mass is 9.47. The van der Waals surface area contributed by atoms with Crippen LogP contribution in [0.25, 0.3) is 0 Å². The Morgan fingerprint density at radius 2 is 1.54 bits per heavy atom. The summed E-state index contributed by atoms with van der Waals surface area (Å²) in [6.07, 6.45) is -1.14. The lowest BCUT2D eigenvalue weighted by molar-refractivity contribution is -0.351. The molecule has 3 N–H and O–H groups in total. The van der Waals surface area contributed by atoms with E-state index in [9.17, 15) is 29.7 Å². The number of fused-ring (bicyclic) bond motifs is 5. The molecule has 13 atom stereocenters. The molecule has 41 heavy (non-hydrogen) atoms. The van der Waals surface area contributed by atoms with Crippen LogP contribution in [-0.2, 0) is 38.1 Å². The van der Waals surface area contributed by atoms with E-state index < -0.39 is 43.0 Å². The Hall–Kier alpha value is -2.05. The Kier molecular flexibility index (Phi) is 8.32. The molecule has 0 bridgehead atoms. The SMILES string of the molecule is CC(=O)OC1C(O[C@H]2C=C3C[C@@H](OC(C)=O)CC[C@]3(C)C3CC[C@@]4(C)C(CC[C@@H]4OC(C)=O)C32)OC(O)C(O)C1O. The highest BCUT2D eigenvalue weighted by Gasteiger charge is 2.63. The Bertz CT molecular complexity index is 1070. The Balaban J connectivity index is 1.52. The molecule has 0 spiro atoms. The van der Waals surface area contributed by atoms with E-state index in [1.165, 1.54) is 20.8 Å². The van der Waals surface area contributed by atoms with Crippen molar-refractivity contribution < 1.29 is 53.4 Å². The molecule has 11 nitrogen and oxygen atoms in total. The second-order valence-electron chi connectivity index (χ2n) is 13.1. The summed E-state index contributed by atoms with van der Waals surface area (Å²) in [5.41, 5.74) is 0.712. The molecule has 4 aliphatic carbocycles. The van der Waals surface area contributed by atoms with E-state index in [1.54, 1.807) is 0 Å². The van der Waals surface area contributed by atoms with Crippen LogP contribution in [0.2, 0.25) is 0 Å². The normalized spacial score (nSPS) is 47.2. The molecule has 3 saturated carbocycles. The van der Waals surface area contributed by atoms with Gasteiger partial charge in [0.05, 0.1) is 6.10 Å². The van der Waals surface area contributed by atoms with Gasteiger partial charge in [0.2, 0.25) is 6.29 Å². The summed E-state index contributed by atoms with van der Waals surface area (Å²) < 4.78 is 28.9. The molecule has 1 aliphatic heterocycles. The van der Waals surface area contributed by atoms with Crippen molar-refractivity contribution in [2.45, 2.75) is 129 Å². The van der Waals surface area contributed by atoms with Crippen LogP contribution in [0, 0.1) is 28.6 Å². The third kappa shape index (κ3) is 5.44. The summed E-state index contributed by atoms with van der Waals surface area (Å²) in [5.74, 6) is -0.975. The first-order valence-corrected chi connectivity index (χ1v) is 14.8. The predicted octanol–water partition coefficient (Wildman–Crippen LogP) is 2.14. The van der Waals surface area contributed by atoms with Crippen LogP contribution in [0.5, 0.6) is 0 Å². The van der Waals surface area contributed by atoms with E-state index in [1.807, 2.05) is 0 Å². The number of rotatable bonds is 5. The van der Waals surface area contributed by atoms with Gasteiger partial charge in [0.1, 0.15) is 24.4 Å². The second kappa shape index (κ2) is 11.2. The van der Waals surface area contributed by atoms with Crippen LogP contribution in [0.15, 0.2) is 11.6 Å². The maximum atomic E-state index is 12.0. The number of hydrogen-bond acceptors (Lipinski definition) is 11. The van der Waals surface area contributed by atoms with Gasteiger partial charge in [-0.25, -0.2) is 0 Å². The summed E-state index contributed by atoms with van der Waals surface area (Å²) in [5, 5.41) is 31.2. The first kappa shape index (κ1) is 30.4.